The van der Waals surface area contributed by atoms with Crippen LogP contribution < -0.4 is 10.1 Å². The number of carbonyl (C=O) groups is 1. The Balaban J connectivity index is 0.00000208. The molecule has 1 aliphatic heterocycles. The maximum Gasteiger partial charge on any atom is 0.257 e. The third kappa shape index (κ3) is 4.07. The van der Waals surface area contributed by atoms with Gasteiger partial charge in [-0.05, 0) is 24.6 Å². The average molecular weight is 351 g/mol. The molecule has 2 heterocycles. The number of rotatable bonds is 4. The highest BCUT2D eigenvalue weighted by atomic mass is 35.5. The molecule has 1 aromatic heterocycles. The molecule has 0 radical (unpaired) electrons. The predicted molar refractivity (Wildman–Crippen MR) is 94.9 cm³/mol. The van der Waals surface area contributed by atoms with E-state index in [0.717, 1.165) is 30.9 Å². The maximum atomic E-state index is 12.6. The molecule has 1 aromatic carbocycles. The number of benzene rings is 1. The standard InChI is InChI=1S/C17H22N4O2.ClH/c1-13-9-18-7-8-21(13)17(22)15-10-19-20(12-15)11-14-3-5-16(23-2)6-4-14;/h3-6,10,12-13,18H,7-9,11H2,1-2H3;1H/t13-;/m0./s1. The van der Waals surface area contributed by atoms with Gasteiger partial charge in [0.1, 0.15) is 5.75 Å². The van der Waals surface area contributed by atoms with Crippen LogP contribution in [0.3, 0.4) is 0 Å². The first-order valence-electron chi connectivity index (χ1n) is 7.84. The predicted octanol–water partition coefficient (Wildman–Crippen LogP) is 1.80. The molecule has 7 heteroatoms. The summed E-state index contributed by atoms with van der Waals surface area (Å²) < 4.78 is 6.95. The van der Waals surface area contributed by atoms with Crippen LogP contribution in [0.1, 0.15) is 22.8 Å². The monoisotopic (exact) mass is 350 g/mol. The summed E-state index contributed by atoms with van der Waals surface area (Å²) in [6.07, 6.45) is 3.47. The number of carbonyl (C=O) groups excluding carboxylic acids is 1. The van der Waals surface area contributed by atoms with Crippen LogP contribution in [0.2, 0.25) is 0 Å². The van der Waals surface area contributed by atoms with E-state index in [2.05, 4.69) is 17.3 Å². The minimum absolute atomic E-state index is 0. The third-order valence-electron chi connectivity index (χ3n) is 4.15. The van der Waals surface area contributed by atoms with Crippen LogP contribution in [0.4, 0.5) is 0 Å². The van der Waals surface area contributed by atoms with Gasteiger partial charge in [0.2, 0.25) is 0 Å². The summed E-state index contributed by atoms with van der Waals surface area (Å²) >= 11 is 0. The van der Waals surface area contributed by atoms with Crippen LogP contribution in [0.5, 0.6) is 5.75 Å². The zero-order valence-electron chi connectivity index (χ0n) is 13.9. The number of amides is 1. The normalized spacial score (nSPS) is 17.2. The van der Waals surface area contributed by atoms with Gasteiger partial charge in [0.15, 0.2) is 0 Å². The molecule has 130 valence electrons. The van der Waals surface area contributed by atoms with E-state index in [0.29, 0.717) is 12.1 Å². The van der Waals surface area contributed by atoms with Crippen molar-refractivity contribution in [2.45, 2.75) is 19.5 Å². The number of hydrogen-bond donors (Lipinski definition) is 1. The van der Waals surface area contributed by atoms with E-state index >= 15 is 0 Å². The van der Waals surface area contributed by atoms with Crippen molar-refractivity contribution in [1.82, 2.24) is 20.0 Å². The zero-order chi connectivity index (χ0) is 16.2. The molecule has 1 amide bonds. The first-order chi connectivity index (χ1) is 11.2. The fourth-order valence-electron chi connectivity index (χ4n) is 2.79. The smallest absolute Gasteiger partial charge is 0.257 e. The highest BCUT2D eigenvalue weighted by molar-refractivity contribution is 5.94. The summed E-state index contributed by atoms with van der Waals surface area (Å²) in [4.78, 5) is 14.5. The van der Waals surface area contributed by atoms with E-state index in [9.17, 15) is 4.79 Å². The Kier molecular flexibility index (Phi) is 6.23. The van der Waals surface area contributed by atoms with Crippen molar-refractivity contribution in [2.24, 2.45) is 0 Å². The lowest BCUT2D eigenvalue weighted by molar-refractivity contribution is 0.0655. The van der Waals surface area contributed by atoms with Gasteiger partial charge in [-0.25, -0.2) is 0 Å². The van der Waals surface area contributed by atoms with Crippen molar-refractivity contribution in [3.05, 3.63) is 47.8 Å². The van der Waals surface area contributed by atoms with Gasteiger partial charge in [-0.2, -0.15) is 5.10 Å². The van der Waals surface area contributed by atoms with Crippen molar-refractivity contribution >= 4 is 18.3 Å². The second-order valence-electron chi connectivity index (χ2n) is 5.83. The first kappa shape index (κ1) is 18.3. The van der Waals surface area contributed by atoms with Gasteiger partial charge in [0.25, 0.3) is 5.91 Å². The average Bonchev–Trinajstić information content (AvgIpc) is 3.04. The molecule has 2 aromatic rings. The Morgan fingerprint density at radius 1 is 1.38 bits per heavy atom. The quantitative estimate of drug-likeness (QED) is 0.913. The van der Waals surface area contributed by atoms with Crippen LogP contribution in [-0.4, -0.2) is 53.4 Å². The molecule has 1 fully saturated rings. The van der Waals surface area contributed by atoms with Crippen molar-refractivity contribution in [3.8, 4) is 5.75 Å². The Morgan fingerprint density at radius 3 is 2.79 bits per heavy atom. The van der Waals surface area contributed by atoms with E-state index in [-0.39, 0.29) is 24.4 Å². The summed E-state index contributed by atoms with van der Waals surface area (Å²) in [7, 11) is 1.65. The van der Waals surface area contributed by atoms with Gasteiger partial charge in [-0.3, -0.25) is 9.48 Å². The lowest BCUT2D eigenvalue weighted by Gasteiger charge is -2.33. The Bertz CT molecular complexity index is 671. The van der Waals surface area contributed by atoms with E-state index in [1.807, 2.05) is 35.4 Å². The maximum absolute atomic E-state index is 12.6. The number of hydrogen-bond acceptors (Lipinski definition) is 4. The van der Waals surface area contributed by atoms with Crippen LogP contribution in [0.25, 0.3) is 0 Å². The fourth-order valence-corrected chi connectivity index (χ4v) is 2.79. The SMILES string of the molecule is COc1ccc(Cn2cc(C(=O)N3CCNC[C@@H]3C)cn2)cc1.Cl. The second-order valence-corrected chi connectivity index (χ2v) is 5.83. The number of halogens is 1. The third-order valence-corrected chi connectivity index (χ3v) is 4.15. The summed E-state index contributed by atoms with van der Waals surface area (Å²) in [5.41, 5.74) is 1.76. The second kappa shape index (κ2) is 8.17. The summed E-state index contributed by atoms with van der Waals surface area (Å²) in [6.45, 7) is 5.12. The summed E-state index contributed by atoms with van der Waals surface area (Å²) in [5.74, 6) is 0.887. The first-order valence-corrected chi connectivity index (χ1v) is 7.84. The highest BCUT2D eigenvalue weighted by Crippen LogP contribution is 2.14. The lowest BCUT2D eigenvalue weighted by atomic mass is 10.2. The molecule has 0 bridgehead atoms. The van der Waals surface area contributed by atoms with Gasteiger partial charge in [-0.15, -0.1) is 12.4 Å². The molecule has 0 saturated carbocycles. The molecule has 1 N–H and O–H groups in total. The van der Waals surface area contributed by atoms with Crippen LogP contribution in [0, 0.1) is 0 Å². The van der Waals surface area contributed by atoms with E-state index in [1.54, 1.807) is 18.0 Å². The van der Waals surface area contributed by atoms with E-state index in [1.165, 1.54) is 0 Å². The van der Waals surface area contributed by atoms with Gasteiger partial charge in [0.05, 0.1) is 25.4 Å². The molecule has 1 saturated heterocycles. The molecule has 3 rings (SSSR count). The molecule has 0 unspecified atom stereocenters. The molecule has 1 aliphatic rings. The topological polar surface area (TPSA) is 59.4 Å². The van der Waals surface area contributed by atoms with Crippen molar-refractivity contribution in [1.29, 1.82) is 0 Å². The Hall–Kier alpha value is -2.05. The molecular weight excluding hydrogens is 328 g/mol. The minimum atomic E-state index is 0. The molecular formula is C17H23ClN4O2. The molecule has 24 heavy (non-hydrogen) atoms. The number of nitrogens with one attached hydrogen (secondary N) is 1. The van der Waals surface area contributed by atoms with Gasteiger partial charge < -0.3 is 15.0 Å². The van der Waals surface area contributed by atoms with Gasteiger partial charge >= 0.3 is 0 Å². The van der Waals surface area contributed by atoms with Crippen molar-refractivity contribution in [2.75, 3.05) is 26.7 Å². The Morgan fingerprint density at radius 2 is 2.12 bits per heavy atom. The number of aromatic nitrogens is 2. The number of methoxy groups -OCH3 is 1. The largest absolute Gasteiger partial charge is 0.497 e. The van der Waals surface area contributed by atoms with Crippen LogP contribution in [-0.2, 0) is 6.54 Å². The van der Waals surface area contributed by atoms with Crippen molar-refractivity contribution in [3.63, 3.8) is 0 Å². The van der Waals surface area contributed by atoms with Crippen LogP contribution >= 0.6 is 12.4 Å². The van der Waals surface area contributed by atoms with E-state index in [4.69, 9.17) is 4.74 Å². The number of piperazine rings is 1. The number of nitrogens with zero attached hydrogens (tertiary/aromatic N) is 3. The van der Waals surface area contributed by atoms with Crippen LogP contribution in [0.15, 0.2) is 36.7 Å². The highest BCUT2D eigenvalue weighted by Gasteiger charge is 2.24. The van der Waals surface area contributed by atoms with Crippen molar-refractivity contribution < 1.29 is 9.53 Å². The minimum Gasteiger partial charge on any atom is -0.497 e. The Labute approximate surface area is 148 Å². The summed E-state index contributed by atoms with van der Waals surface area (Å²) in [5, 5.41) is 7.61. The number of ether oxygens (including phenoxy) is 1. The van der Waals surface area contributed by atoms with Gasteiger partial charge in [-0.1, -0.05) is 12.1 Å². The molecule has 6 nitrogen and oxygen atoms in total. The molecule has 0 aliphatic carbocycles. The fraction of sp³-hybridized carbons (Fsp3) is 0.412. The van der Waals surface area contributed by atoms with E-state index < -0.39 is 0 Å². The lowest BCUT2D eigenvalue weighted by Crippen LogP contribution is -2.52. The molecule has 0 spiro atoms. The molecule has 1 atom stereocenters. The zero-order valence-corrected chi connectivity index (χ0v) is 14.8. The summed E-state index contributed by atoms with van der Waals surface area (Å²) in [6, 6.07) is 8.06. The van der Waals surface area contributed by atoms with Gasteiger partial charge in [0, 0.05) is 31.9 Å².